The van der Waals surface area contributed by atoms with Crippen LogP contribution in [0.5, 0.6) is 0 Å². The van der Waals surface area contributed by atoms with Crippen molar-refractivity contribution in [3.8, 4) is 6.07 Å². The van der Waals surface area contributed by atoms with Crippen molar-refractivity contribution in [3.63, 3.8) is 0 Å². The van der Waals surface area contributed by atoms with Crippen LogP contribution in [-0.2, 0) is 9.59 Å². The number of nitrogens with one attached hydrogen (secondary N) is 1. The molecule has 0 aromatic rings. The van der Waals surface area contributed by atoms with E-state index in [0.717, 1.165) is 0 Å². The molecule has 5 nitrogen and oxygen atoms in total. The van der Waals surface area contributed by atoms with E-state index in [1.807, 2.05) is 25.6 Å². The average molecular weight is 241 g/mol. The van der Waals surface area contributed by atoms with Gasteiger partial charge in [0.2, 0.25) is 0 Å². The van der Waals surface area contributed by atoms with Gasteiger partial charge in [0.15, 0.2) is 0 Å². The molecule has 0 aromatic carbocycles. The summed E-state index contributed by atoms with van der Waals surface area (Å²) in [5.74, 6) is -1.22. The van der Waals surface area contributed by atoms with Crippen LogP contribution in [0.3, 0.4) is 0 Å². The highest BCUT2D eigenvalue weighted by molar-refractivity contribution is 8.00. The fourth-order valence-electron chi connectivity index (χ4n) is 1.68. The van der Waals surface area contributed by atoms with Crippen molar-refractivity contribution in [3.05, 3.63) is 0 Å². The topological polar surface area (TPSA) is 73.2 Å². The van der Waals surface area contributed by atoms with Gasteiger partial charge in [-0.05, 0) is 0 Å². The number of hydrogen-bond donors (Lipinski definition) is 1. The van der Waals surface area contributed by atoms with E-state index in [-0.39, 0.29) is 6.54 Å². The van der Waals surface area contributed by atoms with Crippen LogP contribution in [0.15, 0.2) is 0 Å². The van der Waals surface area contributed by atoms with E-state index in [0.29, 0.717) is 23.6 Å². The third-order valence-corrected chi connectivity index (χ3v) is 3.46. The molecule has 2 atom stereocenters. The molecule has 1 saturated heterocycles. The van der Waals surface area contributed by atoms with E-state index in [4.69, 9.17) is 5.26 Å². The lowest BCUT2D eigenvalue weighted by molar-refractivity contribution is -0.145. The lowest BCUT2D eigenvalue weighted by atomic mass is 10.3. The number of nitrogens with zero attached hydrogens (tertiary/aromatic N) is 2. The third kappa shape index (κ3) is 3.42. The highest BCUT2D eigenvalue weighted by Crippen LogP contribution is 2.24. The second kappa shape index (κ2) is 5.75. The summed E-state index contributed by atoms with van der Waals surface area (Å²) in [6.07, 6.45) is 0. The zero-order valence-electron chi connectivity index (χ0n) is 9.40. The van der Waals surface area contributed by atoms with Gasteiger partial charge in [0.05, 0.1) is 6.07 Å². The minimum absolute atomic E-state index is 0.127. The van der Waals surface area contributed by atoms with Crippen LogP contribution >= 0.6 is 11.8 Å². The van der Waals surface area contributed by atoms with E-state index in [1.165, 1.54) is 0 Å². The number of nitriles is 1. The van der Waals surface area contributed by atoms with Crippen LogP contribution in [-0.4, -0.2) is 46.8 Å². The fourth-order valence-corrected chi connectivity index (χ4v) is 3.01. The van der Waals surface area contributed by atoms with E-state index in [1.54, 1.807) is 11.0 Å². The summed E-state index contributed by atoms with van der Waals surface area (Å²) in [5.41, 5.74) is 0. The van der Waals surface area contributed by atoms with E-state index in [2.05, 4.69) is 5.32 Å². The zero-order chi connectivity index (χ0) is 12.1. The van der Waals surface area contributed by atoms with Crippen LogP contribution in [0, 0.1) is 11.3 Å². The smallest absolute Gasteiger partial charge is 0.311 e. The molecule has 6 heteroatoms. The normalized spacial score (nSPS) is 24.7. The van der Waals surface area contributed by atoms with Gasteiger partial charge in [-0.25, -0.2) is 0 Å². The Balaban J connectivity index is 2.53. The molecule has 1 heterocycles. The van der Waals surface area contributed by atoms with Crippen molar-refractivity contribution >= 4 is 23.6 Å². The maximum absolute atomic E-state index is 11.7. The predicted octanol–water partition coefficient (Wildman–Crippen LogP) is -0.0214. The summed E-state index contributed by atoms with van der Waals surface area (Å²) < 4.78 is 0. The van der Waals surface area contributed by atoms with Crippen molar-refractivity contribution in [1.29, 1.82) is 5.26 Å². The van der Waals surface area contributed by atoms with Crippen LogP contribution in [0.2, 0.25) is 0 Å². The van der Waals surface area contributed by atoms with Crippen molar-refractivity contribution in [1.82, 2.24) is 10.2 Å². The van der Waals surface area contributed by atoms with Gasteiger partial charge in [0, 0.05) is 23.6 Å². The second-order valence-corrected chi connectivity index (χ2v) is 5.69. The Kier molecular flexibility index (Phi) is 4.62. The Hall–Kier alpha value is -1.22. The first-order chi connectivity index (χ1) is 7.54. The number of amides is 2. The summed E-state index contributed by atoms with van der Waals surface area (Å²) in [6.45, 7) is 5.13. The molecule has 0 aliphatic carbocycles. The molecule has 0 radical (unpaired) electrons. The highest BCUT2D eigenvalue weighted by Gasteiger charge is 2.29. The summed E-state index contributed by atoms with van der Waals surface area (Å²) in [7, 11) is 0. The minimum Gasteiger partial charge on any atom is -0.335 e. The van der Waals surface area contributed by atoms with Gasteiger partial charge >= 0.3 is 11.8 Å². The molecule has 1 N–H and O–H groups in total. The van der Waals surface area contributed by atoms with E-state index >= 15 is 0 Å². The molecule has 1 aliphatic heterocycles. The monoisotopic (exact) mass is 241 g/mol. The van der Waals surface area contributed by atoms with E-state index in [9.17, 15) is 9.59 Å². The van der Waals surface area contributed by atoms with Crippen molar-refractivity contribution < 1.29 is 9.59 Å². The van der Waals surface area contributed by atoms with Crippen LogP contribution in [0.4, 0.5) is 0 Å². The predicted molar refractivity (Wildman–Crippen MR) is 61.7 cm³/mol. The first-order valence-corrected chi connectivity index (χ1v) is 6.08. The van der Waals surface area contributed by atoms with Crippen molar-refractivity contribution in [2.75, 3.05) is 19.6 Å². The van der Waals surface area contributed by atoms with Crippen molar-refractivity contribution in [2.45, 2.75) is 24.3 Å². The largest absolute Gasteiger partial charge is 0.335 e. The summed E-state index contributed by atoms with van der Waals surface area (Å²) in [5, 5.41) is 11.2. The molecule has 1 fully saturated rings. The maximum Gasteiger partial charge on any atom is 0.311 e. The number of hydrogen-bond acceptors (Lipinski definition) is 4. The van der Waals surface area contributed by atoms with Crippen LogP contribution in [0.1, 0.15) is 13.8 Å². The van der Waals surface area contributed by atoms with Gasteiger partial charge in [-0.1, -0.05) is 13.8 Å². The first-order valence-electron chi connectivity index (χ1n) is 5.14. The Morgan fingerprint density at radius 3 is 2.50 bits per heavy atom. The number of rotatable bonds is 1. The highest BCUT2D eigenvalue weighted by atomic mass is 32.2. The fraction of sp³-hybridized carbons (Fsp3) is 0.700. The second-order valence-electron chi connectivity index (χ2n) is 3.81. The van der Waals surface area contributed by atoms with Gasteiger partial charge in [-0.3, -0.25) is 9.59 Å². The average Bonchev–Trinajstić information content (AvgIpc) is 2.23. The molecular weight excluding hydrogens is 226 g/mol. The molecule has 0 aromatic heterocycles. The Labute approximate surface area is 99.2 Å². The standard InChI is InChI=1S/C10H15N3O2S/c1-7-5-13(6-8(2)16-7)10(15)9(14)12-4-3-11/h7-8H,4-6H2,1-2H3,(H,12,14). The number of thioether (sulfide) groups is 1. The van der Waals surface area contributed by atoms with Crippen LogP contribution < -0.4 is 5.32 Å². The molecule has 0 bridgehead atoms. The van der Waals surface area contributed by atoms with Gasteiger partial charge in [-0.15, -0.1) is 0 Å². The molecule has 2 unspecified atom stereocenters. The molecule has 16 heavy (non-hydrogen) atoms. The Morgan fingerprint density at radius 2 is 2.00 bits per heavy atom. The van der Waals surface area contributed by atoms with Gasteiger partial charge in [0.1, 0.15) is 6.54 Å². The van der Waals surface area contributed by atoms with Gasteiger partial charge in [-0.2, -0.15) is 17.0 Å². The lowest BCUT2D eigenvalue weighted by Gasteiger charge is -2.33. The first kappa shape index (κ1) is 12.8. The maximum atomic E-state index is 11.7. The SMILES string of the molecule is CC1CN(C(=O)C(=O)NCC#N)CC(C)S1. The van der Waals surface area contributed by atoms with Gasteiger partial charge in [0.25, 0.3) is 0 Å². The molecular formula is C10H15N3O2S. The quantitative estimate of drug-likeness (QED) is 0.517. The number of carbonyl (C=O) groups is 2. The molecule has 1 rings (SSSR count). The van der Waals surface area contributed by atoms with Gasteiger partial charge < -0.3 is 10.2 Å². The van der Waals surface area contributed by atoms with Crippen molar-refractivity contribution in [2.24, 2.45) is 0 Å². The van der Waals surface area contributed by atoms with Crippen LogP contribution in [0.25, 0.3) is 0 Å². The summed E-state index contributed by atoms with van der Waals surface area (Å²) in [4.78, 5) is 24.6. The molecule has 88 valence electrons. The summed E-state index contributed by atoms with van der Waals surface area (Å²) >= 11 is 1.81. The number of carbonyl (C=O) groups excluding carboxylic acids is 2. The molecule has 1 aliphatic rings. The van der Waals surface area contributed by atoms with E-state index < -0.39 is 11.8 Å². The lowest BCUT2D eigenvalue weighted by Crippen LogP contribution is -2.49. The molecule has 2 amide bonds. The Bertz CT molecular complexity index is 317. The minimum atomic E-state index is -0.687. The third-order valence-electron chi connectivity index (χ3n) is 2.23. The zero-order valence-corrected chi connectivity index (χ0v) is 10.2. The molecule has 0 saturated carbocycles. The Morgan fingerprint density at radius 1 is 1.44 bits per heavy atom. The molecule has 0 spiro atoms. The summed E-state index contributed by atoms with van der Waals surface area (Å²) in [6, 6.07) is 1.77.